The van der Waals surface area contributed by atoms with Gasteiger partial charge in [-0.1, -0.05) is 41.9 Å². The molecular weight excluding hydrogens is 274 g/mol. The Hall–Kier alpha value is -0.340. The average molecular weight is 298 g/mol. The van der Waals surface area contributed by atoms with Gasteiger partial charge in [-0.15, -0.1) is 0 Å². The van der Waals surface area contributed by atoms with Crippen LogP contribution in [0.3, 0.4) is 0 Å². The molecule has 0 saturated heterocycles. The number of hydrogen-bond donors (Lipinski definition) is 1. The maximum absolute atomic E-state index is 3.61. The number of rotatable bonds is 4. The molecule has 2 heteroatoms. The fourth-order valence-corrected chi connectivity index (χ4v) is 2.31. The number of hydrogen-bond acceptors (Lipinski definition) is 1. The predicted octanol–water partition coefficient (Wildman–Crippen LogP) is 4.58. The first-order chi connectivity index (χ1) is 7.79. The van der Waals surface area contributed by atoms with Crippen molar-refractivity contribution in [3.63, 3.8) is 0 Å². The molecule has 0 bridgehead atoms. The molecule has 0 fully saturated rings. The van der Waals surface area contributed by atoms with Crippen LogP contribution in [0.1, 0.15) is 46.1 Å². The fraction of sp³-hybridized carbons (Fsp3) is 0.600. The summed E-state index contributed by atoms with van der Waals surface area (Å²) < 4.78 is 1.16. The van der Waals surface area contributed by atoms with E-state index in [2.05, 4.69) is 80.1 Å². The highest BCUT2D eigenvalue weighted by Crippen LogP contribution is 2.26. The van der Waals surface area contributed by atoms with Crippen molar-refractivity contribution in [1.82, 2.24) is 5.32 Å². The standard InChI is InChI=1S/C15H24BrN/c1-11(2)14(10-17-15(3,4)5)12-7-6-8-13(16)9-12/h6-9,11,14,17H,10H2,1-5H3. The minimum absolute atomic E-state index is 0.180. The molecule has 0 saturated carbocycles. The van der Waals surface area contributed by atoms with E-state index in [9.17, 15) is 0 Å². The monoisotopic (exact) mass is 297 g/mol. The summed E-state index contributed by atoms with van der Waals surface area (Å²) >= 11 is 3.55. The van der Waals surface area contributed by atoms with Gasteiger partial charge in [0.15, 0.2) is 0 Å². The van der Waals surface area contributed by atoms with E-state index in [4.69, 9.17) is 0 Å². The molecule has 1 nitrogen and oxygen atoms in total. The highest BCUT2D eigenvalue weighted by molar-refractivity contribution is 9.10. The smallest absolute Gasteiger partial charge is 0.0178 e. The Kier molecular flexibility index (Phi) is 5.21. The second kappa shape index (κ2) is 6.01. The topological polar surface area (TPSA) is 12.0 Å². The lowest BCUT2D eigenvalue weighted by molar-refractivity contribution is 0.372. The van der Waals surface area contributed by atoms with Crippen molar-refractivity contribution in [3.05, 3.63) is 34.3 Å². The van der Waals surface area contributed by atoms with Crippen molar-refractivity contribution in [2.75, 3.05) is 6.54 Å². The van der Waals surface area contributed by atoms with E-state index in [1.165, 1.54) is 5.56 Å². The van der Waals surface area contributed by atoms with Crippen molar-refractivity contribution in [1.29, 1.82) is 0 Å². The number of halogens is 1. The molecule has 0 aliphatic carbocycles. The number of nitrogens with one attached hydrogen (secondary N) is 1. The molecule has 0 aromatic heterocycles. The molecule has 1 atom stereocenters. The van der Waals surface area contributed by atoms with Gasteiger partial charge in [-0.05, 0) is 50.3 Å². The van der Waals surface area contributed by atoms with Gasteiger partial charge in [0.05, 0.1) is 0 Å². The zero-order valence-corrected chi connectivity index (χ0v) is 13.1. The van der Waals surface area contributed by atoms with Gasteiger partial charge >= 0.3 is 0 Å². The Morgan fingerprint density at radius 3 is 2.35 bits per heavy atom. The molecule has 17 heavy (non-hydrogen) atoms. The lowest BCUT2D eigenvalue weighted by Crippen LogP contribution is -2.39. The summed E-state index contributed by atoms with van der Waals surface area (Å²) in [6.45, 7) is 12.2. The van der Waals surface area contributed by atoms with Crippen LogP contribution < -0.4 is 5.32 Å². The normalized spacial score (nSPS) is 14.1. The summed E-state index contributed by atoms with van der Waals surface area (Å²) in [5.41, 5.74) is 1.59. The van der Waals surface area contributed by atoms with Gasteiger partial charge in [0.25, 0.3) is 0 Å². The third-order valence-corrected chi connectivity index (χ3v) is 3.43. The zero-order chi connectivity index (χ0) is 13.1. The summed E-state index contributed by atoms with van der Waals surface area (Å²) in [5, 5.41) is 3.61. The molecule has 1 aromatic rings. The largest absolute Gasteiger partial charge is 0.311 e. The Morgan fingerprint density at radius 2 is 1.88 bits per heavy atom. The molecule has 0 spiro atoms. The van der Waals surface area contributed by atoms with E-state index in [-0.39, 0.29) is 5.54 Å². The first kappa shape index (κ1) is 14.7. The third-order valence-electron chi connectivity index (χ3n) is 2.93. The van der Waals surface area contributed by atoms with Gasteiger partial charge < -0.3 is 5.32 Å². The average Bonchev–Trinajstić information content (AvgIpc) is 2.15. The van der Waals surface area contributed by atoms with Crippen molar-refractivity contribution in [2.24, 2.45) is 5.92 Å². The first-order valence-electron chi connectivity index (χ1n) is 6.30. The van der Waals surface area contributed by atoms with E-state index >= 15 is 0 Å². The summed E-state index contributed by atoms with van der Waals surface area (Å²) in [7, 11) is 0. The van der Waals surface area contributed by atoms with Crippen LogP contribution in [0.15, 0.2) is 28.7 Å². The van der Waals surface area contributed by atoms with Gasteiger partial charge in [-0.3, -0.25) is 0 Å². The molecule has 0 radical (unpaired) electrons. The highest BCUT2D eigenvalue weighted by atomic mass is 79.9. The minimum atomic E-state index is 0.180. The molecule has 96 valence electrons. The van der Waals surface area contributed by atoms with Crippen LogP contribution in [0.4, 0.5) is 0 Å². The Balaban J connectivity index is 2.79. The lowest BCUT2D eigenvalue weighted by atomic mass is 9.88. The van der Waals surface area contributed by atoms with E-state index in [1.807, 2.05) is 0 Å². The van der Waals surface area contributed by atoms with Crippen molar-refractivity contribution in [3.8, 4) is 0 Å². The van der Waals surface area contributed by atoms with Gasteiger partial charge in [0.1, 0.15) is 0 Å². The van der Waals surface area contributed by atoms with Crippen LogP contribution in [-0.2, 0) is 0 Å². The van der Waals surface area contributed by atoms with E-state index < -0.39 is 0 Å². The van der Waals surface area contributed by atoms with Crippen molar-refractivity contribution >= 4 is 15.9 Å². The Morgan fingerprint density at radius 1 is 1.24 bits per heavy atom. The SMILES string of the molecule is CC(C)C(CNC(C)(C)C)c1cccc(Br)c1. The van der Waals surface area contributed by atoms with Crippen LogP contribution in [-0.4, -0.2) is 12.1 Å². The van der Waals surface area contributed by atoms with Gasteiger partial charge in [0, 0.05) is 16.6 Å². The van der Waals surface area contributed by atoms with Crippen LogP contribution >= 0.6 is 15.9 Å². The van der Waals surface area contributed by atoms with E-state index in [0.29, 0.717) is 11.8 Å². The molecule has 1 aromatic carbocycles. The molecule has 1 unspecified atom stereocenters. The van der Waals surface area contributed by atoms with Crippen LogP contribution in [0.25, 0.3) is 0 Å². The Bertz CT molecular complexity index is 352. The molecule has 0 aliphatic rings. The molecule has 0 heterocycles. The van der Waals surface area contributed by atoms with Crippen LogP contribution in [0.2, 0.25) is 0 Å². The van der Waals surface area contributed by atoms with Gasteiger partial charge in [-0.2, -0.15) is 0 Å². The second-order valence-corrected chi connectivity index (χ2v) is 6.95. The molecule has 1 rings (SSSR count). The third kappa shape index (κ3) is 5.22. The predicted molar refractivity (Wildman–Crippen MR) is 79.5 cm³/mol. The first-order valence-corrected chi connectivity index (χ1v) is 7.09. The summed E-state index contributed by atoms with van der Waals surface area (Å²) in [6, 6.07) is 8.65. The molecule has 0 aliphatic heterocycles. The van der Waals surface area contributed by atoms with E-state index in [0.717, 1.165) is 11.0 Å². The highest BCUT2D eigenvalue weighted by Gasteiger charge is 2.18. The second-order valence-electron chi connectivity index (χ2n) is 6.04. The van der Waals surface area contributed by atoms with Gasteiger partial charge in [0.2, 0.25) is 0 Å². The van der Waals surface area contributed by atoms with Crippen LogP contribution in [0.5, 0.6) is 0 Å². The van der Waals surface area contributed by atoms with Crippen molar-refractivity contribution in [2.45, 2.75) is 46.1 Å². The quantitative estimate of drug-likeness (QED) is 0.858. The fourth-order valence-electron chi connectivity index (χ4n) is 1.89. The van der Waals surface area contributed by atoms with Crippen molar-refractivity contribution < 1.29 is 0 Å². The number of benzene rings is 1. The van der Waals surface area contributed by atoms with E-state index in [1.54, 1.807) is 0 Å². The summed E-state index contributed by atoms with van der Waals surface area (Å²) in [4.78, 5) is 0. The van der Waals surface area contributed by atoms with Crippen LogP contribution in [0, 0.1) is 5.92 Å². The zero-order valence-electron chi connectivity index (χ0n) is 11.5. The Labute approximate surface area is 114 Å². The maximum atomic E-state index is 3.61. The summed E-state index contributed by atoms with van der Waals surface area (Å²) in [6.07, 6.45) is 0. The minimum Gasteiger partial charge on any atom is -0.311 e. The lowest BCUT2D eigenvalue weighted by Gasteiger charge is -2.28. The molecule has 0 amide bonds. The summed E-state index contributed by atoms with van der Waals surface area (Å²) in [5.74, 6) is 1.20. The molecular formula is C15H24BrN. The molecule has 1 N–H and O–H groups in total. The maximum Gasteiger partial charge on any atom is 0.0178 e. The van der Waals surface area contributed by atoms with Gasteiger partial charge in [-0.25, -0.2) is 0 Å².